The number of benzene rings is 1. The van der Waals surface area contributed by atoms with Crippen molar-refractivity contribution in [3.05, 3.63) is 34.9 Å². The number of hydrogen-bond donors (Lipinski definition) is 0. The Balaban J connectivity index is 0.00000200. The van der Waals surface area contributed by atoms with E-state index in [9.17, 15) is 9.18 Å². The number of hydrogen-bond acceptors (Lipinski definition) is 3. The number of carbonyl (C=O) groups excluding carboxylic acids is 1. The summed E-state index contributed by atoms with van der Waals surface area (Å²) in [5.41, 5.74) is 1.86. The SMILES string of the molecule is CN1CCN(Cc2ccc(C(=O)Cl)cc2CF)CC1.Cl. The van der Waals surface area contributed by atoms with Crippen molar-refractivity contribution in [2.24, 2.45) is 0 Å². The molecule has 20 heavy (non-hydrogen) atoms. The Morgan fingerprint density at radius 1 is 1.25 bits per heavy atom. The molecule has 0 radical (unpaired) electrons. The summed E-state index contributed by atoms with van der Waals surface area (Å²) in [6, 6.07) is 5.03. The average molecular weight is 321 g/mol. The molecule has 0 aliphatic carbocycles. The zero-order valence-electron chi connectivity index (χ0n) is 11.4. The molecule has 1 aliphatic heterocycles. The van der Waals surface area contributed by atoms with E-state index < -0.39 is 11.9 Å². The van der Waals surface area contributed by atoms with Crippen LogP contribution in [0.15, 0.2) is 18.2 Å². The molecule has 1 aliphatic rings. The van der Waals surface area contributed by atoms with Crippen LogP contribution in [0.4, 0.5) is 4.39 Å². The summed E-state index contributed by atoms with van der Waals surface area (Å²) < 4.78 is 13.1. The first-order chi connectivity index (χ1) is 9.10. The van der Waals surface area contributed by atoms with E-state index in [1.807, 2.05) is 6.07 Å². The highest BCUT2D eigenvalue weighted by Crippen LogP contribution is 2.18. The predicted molar refractivity (Wildman–Crippen MR) is 81.5 cm³/mol. The van der Waals surface area contributed by atoms with Gasteiger partial charge in [-0.25, -0.2) is 4.39 Å². The molecule has 0 N–H and O–H groups in total. The molecule has 0 amide bonds. The lowest BCUT2D eigenvalue weighted by Gasteiger charge is -2.32. The first kappa shape index (κ1) is 17.4. The maximum absolute atomic E-state index is 13.1. The summed E-state index contributed by atoms with van der Waals surface area (Å²) in [4.78, 5) is 15.7. The molecule has 0 aromatic heterocycles. The third kappa shape index (κ3) is 4.42. The Morgan fingerprint density at radius 2 is 1.90 bits per heavy atom. The van der Waals surface area contributed by atoms with Gasteiger partial charge in [-0.05, 0) is 41.9 Å². The Labute approximate surface area is 130 Å². The summed E-state index contributed by atoms with van der Waals surface area (Å²) in [5.74, 6) is 0. The van der Waals surface area contributed by atoms with E-state index >= 15 is 0 Å². The second-order valence-electron chi connectivity index (χ2n) is 4.97. The number of halogens is 3. The van der Waals surface area contributed by atoms with E-state index in [0.717, 1.165) is 38.3 Å². The molecule has 1 heterocycles. The van der Waals surface area contributed by atoms with Gasteiger partial charge >= 0.3 is 0 Å². The summed E-state index contributed by atoms with van der Waals surface area (Å²) in [6.45, 7) is 4.19. The van der Waals surface area contributed by atoms with Gasteiger partial charge in [0.1, 0.15) is 6.67 Å². The van der Waals surface area contributed by atoms with Crippen molar-refractivity contribution in [2.75, 3.05) is 33.2 Å². The fourth-order valence-corrected chi connectivity index (χ4v) is 2.39. The molecule has 6 heteroatoms. The fraction of sp³-hybridized carbons (Fsp3) is 0.500. The molecule has 0 saturated carbocycles. The highest BCUT2D eigenvalue weighted by Gasteiger charge is 2.16. The lowest BCUT2D eigenvalue weighted by atomic mass is 10.0. The van der Waals surface area contributed by atoms with Crippen molar-refractivity contribution >= 4 is 29.3 Å². The number of rotatable bonds is 4. The second kappa shape index (κ2) is 7.93. The maximum atomic E-state index is 13.1. The lowest BCUT2D eigenvalue weighted by Crippen LogP contribution is -2.44. The van der Waals surface area contributed by atoms with Crippen molar-refractivity contribution in [1.29, 1.82) is 0 Å². The van der Waals surface area contributed by atoms with Gasteiger partial charge in [-0.3, -0.25) is 9.69 Å². The highest BCUT2D eigenvalue weighted by molar-refractivity contribution is 6.67. The Hall–Kier alpha value is -0.680. The molecule has 112 valence electrons. The third-order valence-corrected chi connectivity index (χ3v) is 3.79. The summed E-state index contributed by atoms with van der Waals surface area (Å²) in [7, 11) is 2.10. The standard InChI is InChI=1S/C14H18ClFN2O.ClH/c1-17-4-6-18(7-5-17)10-12-3-2-11(14(15)19)8-13(12)9-16;/h2-3,8H,4-7,9-10H2,1H3;1H. The highest BCUT2D eigenvalue weighted by atomic mass is 35.5. The molecule has 1 aromatic rings. The maximum Gasteiger partial charge on any atom is 0.252 e. The Kier molecular flexibility index (Phi) is 6.89. The van der Waals surface area contributed by atoms with E-state index in [-0.39, 0.29) is 12.4 Å². The van der Waals surface area contributed by atoms with E-state index in [1.165, 1.54) is 0 Å². The smallest absolute Gasteiger partial charge is 0.252 e. The van der Waals surface area contributed by atoms with Gasteiger partial charge in [0.15, 0.2) is 0 Å². The largest absolute Gasteiger partial charge is 0.304 e. The van der Waals surface area contributed by atoms with E-state index in [0.29, 0.717) is 11.1 Å². The van der Waals surface area contributed by atoms with Crippen molar-refractivity contribution in [2.45, 2.75) is 13.2 Å². The summed E-state index contributed by atoms with van der Waals surface area (Å²) in [6.07, 6.45) is 0. The summed E-state index contributed by atoms with van der Waals surface area (Å²) >= 11 is 5.42. The third-order valence-electron chi connectivity index (χ3n) is 3.57. The minimum atomic E-state index is -0.568. The van der Waals surface area contributed by atoms with Gasteiger partial charge in [-0.15, -0.1) is 12.4 Å². The van der Waals surface area contributed by atoms with Crippen LogP contribution in [-0.2, 0) is 13.2 Å². The van der Waals surface area contributed by atoms with Gasteiger partial charge in [0.25, 0.3) is 5.24 Å². The topological polar surface area (TPSA) is 23.6 Å². The Morgan fingerprint density at radius 3 is 2.45 bits per heavy atom. The zero-order chi connectivity index (χ0) is 13.8. The van der Waals surface area contributed by atoms with Crippen LogP contribution in [0, 0.1) is 0 Å². The molecule has 1 fully saturated rings. The molecule has 3 nitrogen and oxygen atoms in total. The predicted octanol–water partition coefficient (Wildman–Crippen LogP) is 2.70. The number of carbonyl (C=O) groups is 1. The van der Waals surface area contributed by atoms with Crippen LogP contribution in [0.3, 0.4) is 0 Å². The number of nitrogens with zero attached hydrogens (tertiary/aromatic N) is 2. The molecular weight excluding hydrogens is 302 g/mol. The van der Waals surface area contributed by atoms with Crippen LogP contribution in [-0.4, -0.2) is 48.3 Å². The van der Waals surface area contributed by atoms with Gasteiger partial charge in [-0.1, -0.05) is 6.07 Å². The van der Waals surface area contributed by atoms with Crippen molar-refractivity contribution < 1.29 is 9.18 Å². The van der Waals surface area contributed by atoms with Crippen LogP contribution in [0.5, 0.6) is 0 Å². The molecule has 2 rings (SSSR count). The van der Waals surface area contributed by atoms with Gasteiger partial charge in [0.2, 0.25) is 0 Å². The molecule has 0 bridgehead atoms. The zero-order valence-corrected chi connectivity index (χ0v) is 13.0. The Bertz CT molecular complexity index is 462. The van der Waals surface area contributed by atoms with Gasteiger partial charge < -0.3 is 4.90 Å². The molecule has 1 aromatic carbocycles. The number of likely N-dealkylation sites (N-methyl/N-ethyl adjacent to an activating group) is 1. The minimum absolute atomic E-state index is 0. The van der Waals surface area contributed by atoms with Crippen LogP contribution in [0.1, 0.15) is 21.5 Å². The fourth-order valence-electron chi connectivity index (χ4n) is 2.27. The normalized spacial score (nSPS) is 16.8. The van der Waals surface area contributed by atoms with E-state index in [4.69, 9.17) is 11.6 Å². The molecule has 0 unspecified atom stereocenters. The van der Waals surface area contributed by atoms with Crippen LogP contribution >= 0.6 is 24.0 Å². The average Bonchev–Trinajstić information content (AvgIpc) is 2.41. The first-order valence-corrected chi connectivity index (χ1v) is 6.76. The number of alkyl halides is 1. The minimum Gasteiger partial charge on any atom is -0.304 e. The second-order valence-corrected chi connectivity index (χ2v) is 5.31. The summed E-state index contributed by atoms with van der Waals surface area (Å²) in [5, 5.41) is -0.541. The van der Waals surface area contributed by atoms with Crippen LogP contribution < -0.4 is 0 Å². The first-order valence-electron chi connectivity index (χ1n) is 6.38. The quantitative estimate of drug-likeness (QED) is 0.797. The van der Waals surface area contributed by atoms with Crippen molar-refractivity contribution in [3.63, 3.8) is 0 Å². The van der Waals surface area contributed by atoms with Crippen LogP contribution in [0.2, 0.25) is 0 Å². The van der Waals surface area contributed by atoms with E-state index in [1.54, 1.807) is 12.1 Å². The van der Waals surface area contributed by atoms with Gasteiger partial charge in [-0.2, -0.15) is 0 Å². The molecule has 1 saturated heterocycles. The molecule has 0 spiro atoms. The number of piperazine rings is 1. The molecule has 0 atom stereocenters. The van der Waals surface area contributed by atoms with Crippen molar-refractivity contribution in [1.82, 2.24) is 9.80 Å². The van der Waals surface area contributed by atoms with E-state index in [2.05, 4.69) is 16.8 Å². The van der Waals surface area contributed by atoms with Crippen LogP contribution in [0.25, 0.3) is 0 Å². The monoisotopic (exact) mass is 320 g/mol. The lowest BCUT2D eigenvalue weighted by molar-refractivity contribution is 0.108. The van der Waals surface area contributed by atoms with Gasteiger partial charge in [0.05, 0.1) is 0 Å². The van der Waals surface area contributed by atoms with Crippen molar-refractivity contribution in [3.8, 4) is 0 Å². The molecular formula is C14H19Cl2FN2O. The van der Waals surface area contributed by atoms with Gasteiger partial charge in [0, 0.05) is 38.3 Å².